The molecule has 2 aromatic carbocycles. The van der Waals surface area contributed by atoms with Gasteiger partial charge >= 0.3 is 5.97 Å². The summed E-state index contributed by atoms with van der Waals surface area (Å²) in [6, 6.07) is 20.7. The largest absolute Gasteiger partial charge is 0.422 e. The molecule has 1 fully saturated rings. The Bertz CT molecular complexity index is 1260. The summed E-state index contributed by atoms with van der Waals surface area (Å²) in [6.07, 6.45) is 8.05. The monoisotopic (exact) mass is 445 g/mol. The number of hydrogen-bond acceptors (Lipinski definition) is 4. The summed E-state index contributed by atoms with van der Waals surface area (Å²) in [7, 11) is 0. The molecule has 0 aliphatic heterocycles. The van der Waals surface area contributed by atoms with Gasteiger partial charge in [-0.1, -0.05) is 61.2 Å². The van der Waals surface area contributed by atoms with Gasteiger partial charge in [0.2, 0.25) is 0 Å². The number of para-hydroxylation sites is 1. The van der Waals surface area contributed by atoms with Crippen molar-refractivity contribution in [2.24, 2.45) is 0 Å². The third kappa shape index (κ3) is 4.08. The Morgan fingerprint density at radius 2 is 1.72 bits per heavy atom. The highest BCUT2D eigenvalue weighted by Crippen LogP contribution is 2.37. The molecule has 0 amide bonds. The Balaban J connectivity index is 1.55. The van der Waals surface area contributed by atoms with Crippen molar-refractivity contribution in [1.29, 1.82) is 0 Å². The number of carbonyl (C=O) groups is 1. The minimum Gasteiger partial charge on any atom is -0.422 e. The molecular weight excluding hydrogens is 422 g/mol. The molecule has 0 radical (unpaired) electrons. The number of carbonyl (C=O) groups excluding carboxylic acids is 1. The van der Waals surface area contributed by atoms with Crippen LogP contribution in [0.2, 0.25) is 5.02 Å². The molecule has 0 bridgehead atoms. The smallest absolute Gasteiger partial charge is 0.345 e. The van der Waals surface area contributed by atoms with Crippen LogP contribution in [0.25, 0.3) is 16.9 Å². The Hall–Kier alpha value is -3.31. The normalized spacial score (nSPS) is 14.4. The van der Waals surface area contributed by atoms with E-state index in [2.05, 4.69) is 9.72 Å². The van der Waals surface area contributed by atoms with Gasteiger partial charge in [-0.25, -0.2) is 9.78 Å². The number of nitrogens with zero attached hydrogens (tertiary/aromatic N) is 2. The van der Waals surface area contributed by atoms with Crippen molar-refractivity contribution < 1.29 is 9.53 Å². The molecule has 4 aromatic rings. The number of fused-ring (bicyclic) bond motifs is 1. The molecule has 0 unspecified atom stereocenters. The maximum Gasteiger partial charge on any atom is 0.345 e. The fourth-order valence-corrected chi connectivity index (χ4v) is 4.51. The summed E-state index contributed by atoms with van der Waals surface area (Å²) < 4.78 is 7.87. The van der Waals surface area contributed by atoms with Crippen LogP contribution in [0.5, 0.6) is 5.75 Å². The summed E-state index contributed by atoms with van der Waals surface area (Å²) in [5.41, 5.74) is 2.70. The van der Waals surface area contributed by atoms with Crippen molar-refractivity contribution in [2.75, 3.05) is 5.32 Å². The fraction of sp³-hybridized carbons (Fsp3) is 0.231. The molecule has 32 heavy (non-hydrogen) atoms. The second-order valence-corrected chi connectivity index (χ2v) is 8.49. The number of esters is 1. The first kappa shape index (κ1) is 20.6. The predicted octanol–water partition coefficient (Wildman–Crippen LogP) is 6.62. The molecular formula is C26H24ClN3O2. The van der Waals surface area contributed by atoms with Gasteiger partial charge in [-0.15, -0.1) is 0 Å². The van der Waals surface area contributed by atoms with E-state index in [0.29, 0.717) is 22.4 Å². The summed E-state index contributed by atoms with van der Waals surface area (Å²) in [5.74, 6) is 0.884. The lowest BCUT2D eigenvalue weighted by atomic mass is 9.95. The molecule has 0 saturated heterocycles. The highest BCUT2D eigenvalue weighted by molar-refractivity contribution is 6.33. The lowest BCUT2D eigenvalue weighted by Crippen LogP contribution is -2.23. The number of nitrogens with one attached hydrogen (secondary N) is 1. The van der Waals surface area contributed by atoms with E-state index in [1.165, 1.54) is 19.3 Å². The van der Waals surface area contributed by atoms with Crippen molar-refractivity contribution in [3.63, 3.8) is 0 Å². The lowest BCUT2D eigenvalue weighted by Gasteiger charge is -2.24. The number of hydrogen-bond donors (Lipinski definition) is 1. The highest BCUT2D eigenvalue weighted by atomic mass is 35.5. The van der Waals surface area contributed by atoms with Gasteiger partial charge < -0.3 is 10.1 Å². The quantitative estimate of drug-likeness (QED) is 0.277. The van der Waals surface area contributed by atoms with Crippen LogP contribution in [0.1, 0.15) is 42.5 Å². The van der Waals surface area contributed by atoms with Crippen LogP contribution < -0.4 is 10.1 Å². The molecule has 0 spiro atoms. The van der Waals surface area contributed by atoms with Gasteiger partial charge in [-0.05, 0) is 49.2 Å². The molecule has 2 aromatic heterocycles. The topological polar surface area (TPSA) is 55.6 Å². The van der Waals surface area contributed by atoms with E-state index < -0.39 is 5.97 Å². The van der Waals surface area contributed by atoms with Gasteiger partial charge in [0, 0.05) is 17.8 Å². The Morgan fingerprint density at radius 3 is 2.56 bits per heavy atom. The first-order valence-electron chi connectivity index (χ1n) is 11.0. The van der Waals surface area contributed by atoms with Gasteiger partial charge in [0.15, 0.2) is 0 Å². The Kier molecular flexibility index (Phi) is 5.82. The molecule has 6 heteroatoms. The lowest BCUT2D eigenvalue weighted by molar-refractivity contribution is 0.0736. The van der Waals surface area contributed by atoms with Gasteiger partial charge in [-0.3, -0.25) is 4.40 Å². The van der Waals surface area contributed by atoms with Crippen LogP contribution in [0.4, 0.5) is 5.82 Å². The third-order valence-electron chi connectivity index (χ3n) is 5.91. The van der Waals surface area contributed by atoms with E-state index >= 15 is 0 Å². The van der Waals surface area contributed by atoms with Crippen molar-refractivity contribution in [2.45, 2.75) is 38.1 Å². The van der Waals surface area contributed by atoms with E-state index in [1.807, 2.05) is 42.6 Å². The van der Waals surface area contributed by atoms with Gasteiger partial charge in [-0.2, -0.15) is 0 Å². The predicted molar refractivity (Wildman–Crippen MR) is 128 cm³/mol. The summed E-state index contributed by atoms with van der Waals surface area (Å²) in [6.45, 7) is 0. The number of imidazole rings is 1. The summed E-state index contributed by atoms with van der Waals surface area (Å²) in [5, 5.41) is 4.09. The van der Waals surface area contributed by atoms with Crippen LogP contribution >= 0.6 is 11.6 Å². The number of ether oxygens (including phenoxy) is 1. The van der Waals surface area contributed by atoms with E-state index in [-0.39, 0.29) is 0 Å². The average molecular weight is 446 g/mol. The average Bonchev–Trinajstić information content (AvgIpc) is 3.18. The minimum absolute atomic E-state index is 0.333. The third-order valence-corrected chi connectivity index (χ3v) is 6.24. The molecule has 162 valence electrons. The standard InChI is InChI=1S/C26H24ClN3O2/c27-21-14-6-4-12-19(21)26(31)32-22-15-7-5-13-20(22)24-25(28-18-10-2-1-3-11-18)30-17-9-8-16-23(30)29-24/h4-9,12-18,28H,1-3,10-11H2. The summed E-state index contributed by atoms with van der Waals surface area (Å²) >= 11 is 6.20. The van der Waals surface area contributed by atoms with E-state index in [0.717, 1.165) is 35.6 Å². The maximum atomic E-state index is 12.8. The van der Waals surface area contributed by atoms with Gasteiger partial charge in [0.1, 0.15) is 22.9 Å². The first-order chi connectivity index (χ1) is 15.7. The maximum absolute atomic E-state index is 12.8. The molecule has 1 N–H and O–H groups in total. The summed E-state index contributed by atoms with van der Waals surface area (Å²) in [4.78, 5) is 17.7. The van der Waals surface area contributed by atoms with Gasteiger partial charge in [0.25, 0.3) is 0 Å². The number of benzene rings is 2. The van der Waals surface area contributed by atoms with Crippen molar-refractivity contribution in [1.82, 2.24) is 9.38 Å². The van der Waals surface area contributed by atoms with Gasteiger partial charge in [0.05, 0.1) is 10.6 Å². The van der Waals surface area contributed by atoms with Crippen molar-refractivity contribution in [3.8, 4) is 17.0 Å². The number of pyridine rings is 1. The van der Waals surface area contributed by atoms with E-state index in [4.69, 9.17) is 21.3 Å². The number of anilines is 1. The number of halogens is 1. The van der Waals surface area contributed by atoms with Crippen molar-refractivity contribution >= 4 is 29.0 Å². The molecule has 2 heterocycles. The van der Waals surface area contributed by atoms with E-state index in [9.17, 15) is 4.79 Å². The SMILES string of the molecule is O=C(Oc1ccccc1-c1nc2ccccn2c1NC1CCCCC1)c1ccccc1Cl. The molecule has 1 aliphatic carbocycles. The van der Waals surface area contributed by atoms with Crippen LogP contribution in [-0.2, 0) is 0 Å². The minimum atomic E-state index is -0.492. The van der Waals surface area contributed by atoms with Crippen LogP contribution in [0.3, 0.4) is 0 Å². The van der Waals surface area contributed by atoms with E-state index in [1.54, 1.807) is 30.3 Å². The Labute approximate surface area is 192 Å². The zero-order valence-electron chi connectivity index (χ0n) is 17.6. The second-order valence-electron chi connectivity index (χ2n) is 8.08. The van der Waals surface area contributed by atoms with Crippen LogP contribution in [0.15, 0.2) is 72.9 Å². The van der Waals surface area contributed by atoms with Crippen molar-refractivity contribution in [3.05, 3.63) is 83.5 Å². The van der Waals surface area contributed by atoms with Crippen LogP contribution in [-0.4, -0.2) is 21.4 Å². The number of rotatable bonds is 5. The molecule has 0 atom stereocenters. The second kappa shape index (κ2) is 9.05. The fourth-order valence-electron chi connectivity index (χ4n) is 4.29. The zero-order chi connectivity index (χ0) is 21.9. The first-order valence-corrected chi connectivity index (χ1v) is 11.4. The van der Waals surface area contributed by atoms with Crippen LogP contribution in [0, 0.1) is 0 Å². The number of aromatic nitrogens is 2. The molecule has 5 rings (SSSR count). The zero-order valence-corrected chi connectivity index (χ0v) is 18.4. The highest BCUT2D eigenvalue weighted by Gasteiger charge is 2.22. The molecule has 1 aliphatic rings. The molecule has 1 saturated carbocycles. The Morgan fingerprint density at radius 1 is 0.969 bits per heavy atom. The molecule has 5 nitrogen and oxygen atoms in total.